The Morgan fingerprint density at radius 1 is 0.465 bits per heavy atom. The van der Waals surface area contributed by atoms with Gasteiger partial charge in [0.1, 0.15) is 11.2 Å². The first-order valence-corrected chi connectivity index (χ1v) is 15.4. The molecule has 0 aliphatic carbocycles. The third-order valence-corrected chi connectivity index (χ3v) is 10.1. The number of hydrogen-bond acceptors (Lipinski definition) is 2. The van der Waals surface area contributed by atoms with E-state index in [2.05, 4.69) is 144 Å². The molecule has 3 aromatic heterocycles. The third kappa shape index (κ3) is 3.12. The van der Waals surface area contributed by atoms with Gasteiger partial charge in [0.05, 0.1) is 16.4 Å². The van der Waals surface area contributed by atoms with Gasteiger partial charge in [-0.05, 0) is 47.5 Å². The van der Waals surface area contributed by atoms with E-state index in [4.69, 9.17) is 4.42 Å². The SMILES string of the molecule is c1ccc(-c2cccc(-n3c4ccccc4c4c5oc6ccccc6c5c5c(ccc6sc7ccccc7c65)c43)c2)cc1. The van der Waals surface area contributed by atoms with Gasteiger partial charge in [0, 0.05) is 52.8 Å². The van der Waals surface area contributed by atoms with E-state index in [1.807, 2.05) is 11.3 Å². The van der Waals surface area contributed by atoms with Crippen molar-refractivity contribution in [2.45, 2.75) is 0 Å². The van der Waals surface area contributed by atoms with Gasteiger partial charge >= 0.3 is 0 Å². The molecule has 0 radical (unpaired) electrons. The minimum atomic E-state index is 0.922. The molecule has 0 spiro atoms. The number of hydrogen-bond donors (Lipinski definition) is 0. The topological polar surface area (TPSA) is 18.1 Å². The van der Waals surface area contributed by atoms with Crippen LogP contribution in [0.15, 0.2) is 144 Å². The van der Waals surface area contributed by atoms with Crippen LogP contribution in [0.3, 0.4) is 0 Å². The molecular formula is C40H23NOS. The first kappa shape index (κ1) is 23.2. The summed E-state index contributed by atoms with van der Waals surface area (Å²) in [4.78, 5) is 0. The summed E-state index contributed by atoms with van der Waals surface area (Å²) in [6.45, 7) is 0. The summed E-state index contributed by atoms with van der Waals surface area (Å²) in [6, 6.07) is 50.3. The summed E-state index contributed by atoms with van der Waals surface area (Å²) < 4.78 is 11.9. The molecule has 2 nitrogen and oxygen atoms in total. The molecule has 10 rings (SSSR count). The van der Waals surface area contributed by atoms with Crippen molar-refractivity contribution in [3.63, 3.8) is 0 Å². The van der Waals surface area contributed by atoms with Gasteiger partial charge in [0.2, 0.25) is 0 Å². The number of furan rings is 1. The Labute approximate surface area is 250 Å². The van der Waals surface area contributed by atoms with E-state index in [-0.39, 0.29) is 0 Å². The van der Waals surface area contributed by atoms with Crippen LogP contribution in [-0.4, -0.2) is 4.57 Å². The van der Waals surface area contributed by atoms with Gasteiger partial charge in [-0.2, -0.15) is 0 Å². The molecule has 0 bridgehead atoms. The summed E-state index contributed by atoms with van der Waals surface area (Å²) in [5.74, 6) is 0. The number of para-hydroxylation sites is 2. The summed E-state index contributed by atoms with van der Waals surface area (Å²) in [7, 11) is 0. The molecule has 0 unspecified atom stereocenters. The average molecular weight is 566 g/mol. The highest BCUT2D eigenvalue weighted by molar-refractivity contribution is 7.26. The number of aromatic nitrogens is 1. The second-order valence-corrected chi connectivity index (χ2v) is 12.3. The maximum absolute atomic E-state index is 6.85. The summed E-state index contributed by atoms with van der Waals surface area (Å²) in [6.07, 6.45) is 0. The predicted octanol–water partition coefficient (Wildman–Crippen LogP) is 11.9. The largest absolute Gasteiger partial charge is 0.455 e. The molecule has 7 aromatic carbocycles. The molecule has 0 saturated carbocycles. The highest BCUT2D eigenvalue weighted by atomic mass is 32.1. The molecule has 10 aromatic rings. The van der Waals surface area contributed by atoms with Crippen molar-refractivity contribution in [2.75, 3.05) is 0 Å². The molecule has 0 aliphatic heterocycles. The summed E-state index contributed by atoms with van der Waals surface area (Å²) >= 11 is 1.87. The van der Waals surface area contributed by atoms with Crippen molar-refractivity contribution in [3.05, 3.63) is 140 Å². The lowest BCUT2D eigenvalue weighted by Gasteiger charge is -2.13. The molecule has 3 heterocycles. The minimum Gasteiger partial charge on any atom is -0.455 e. The van der Waals surface area contributed by atoms with Crippen LogP contribution >= 0.6 is 11.3 Å². The second kappa shape index (κ2) is 8.57. The molecule has 200 valence electrons. The van der Waals surface area contributed by atoms with Crippen LogP contribution in [0.25, 0.3) is 91.5 Å². The van der Waals surface area contributed by atoms with Crippen LogP contribution in [0.4, 0.5) is 0 Å². The van der Waals surface area contributed by atoms with E-state index in [0.29, 0.717) is 0 Å². The van der Waals surface area contributed by atoms with Gasteiger partial charge < -0.3 is 8.98 Å². The van der Waals surface area contributed by atoms with Crippen molar-refractivity contribution in [3.8, 4) is 16.8 Å². The Hall–Kier alpha value is -5.38. The molecule has 0 amide bonds. The minimum absolute atomic E-state index is 0.922. The highest BCUT2D eigenvalue weighted by Crippen LogP contribution is 2.49. The average Bonchev–Trinajstić information content (AvgIpc) is 3.75. The second-order valence-electron chi connectivity index (χ2n) is 11.3. The zero-order chi connectivity index (χ0) is 28.1. The maximum atomic E-state index is 6.85. The molecule has 0 atom stereocenters. The molecular weight excluding hydrogens is 543 g/mol. The van der Waals surface area contributed by atoms with Crippen molar-refractivity contribution in [1.82, 2.24) is 4.57 Å². The Balaban J connectivity index is 1.49. The van der Waals surface area contributed by atoms with E-state index < -0.39 is 0 Å². The van der Waals surface area contributed by atoms with Crippen molar-refractivity contribution in [2.24, 2.45) is 0 Å². The number of rotatable bonds is 2. The van der Waals surface area contributed by atoms with Gasteiger partial charge in [0.15, 0.2) is 0 Å². The van der Waals surface area contributed by atoms with Crippen LogP contribution in [0.1, 0.15) is 0 Å². The van der Waals surface area contributed by atoms with Crippen LogP contribution in [0, 0.1) is 0 Å². The number of nitrogens with zero attached hydrogens (tertiary/aromatic N) is 1. The smallest absolute Gasteiger partial charge is 0.146 e. The van der Waals surface area contributed by atoms with Gasteiger partial charge in [-0.25, -0.2) is 0 Å². The van der Waals surface area contributed by atoms with Crippen molar-refractivity contribution in [1.29, 1.82) is 0 Å². The highest BCUT2D eigenvalue weighted by Gasteiger charge is 2.25. The van der Waals surface area contributed by atoms with E-state index in [0.717, 1.165) is 22.2 Å². The standard InChI is InChI=1S/C40H23NOS/c1-2-11-24(12-3-1)25-13-10-14-26(23-25)41-31-18-7-4-15-27(31)38-39(41)30-21-22-34-35(29-17-6-9-20-33(29)43-34)36(30)37-28-16-5-8-19-32(28)42-40(37)38/h1-23H. The molecule has 43 heavy (non-hydrogen) atoms. The Morgan fingerprint density at radius 2 is 1.21 bits per heavy atom. The fraction of sp³-hybridized carbons (Fsp3) is 0. The van der Waals surface area contributed by atoms with Gasteiger partial charge in [-0.1, -0.05) is 103 Å². The molecule has 0 N–H and O–H groups in total. The molecule has 0 aliphatic rings. The first-order chi connectivity index (χ1) is 21.3. The summed E-state index contributed by atoms with van der Waals surface area (Å²) in [5.41, 5.74) is 7.79. The van der Waals surface area contributed by atoms with E-state index in [1.165, 1.54) is 69.3 Å². The maximum Gasteiger partial charge on any atom is 0.146 e. The van der Waals surface area contributed by atoms with E-state index in [9.17, 15) is 0 Å². The Bertz CT molecular complexity index is 2720. The van der Waals surface area contributed by atoms with Gasteiger partial charge in [0.25, 0.3) is 0 Å². The van der Waals surface area contributed by atoms with Gasteiger partial charge in [-0.15, -0.1) is 11.3 Å². The molecule has 0 saturated heterocycles. The number of fused-ring (bicyclic) bond motifs is 14. The zero-order valence-corrected chi connectivity index (χ0v) is 23.9. The van der Waals surface area contributed by atoms with Crippen LogP contribution in [0.5, 0.6) is 0 Å². The third-order valence-electron chi connectivity index (χ3n) is 8.96. The zero-order valence-electron chi connectivity index (χ0n) is 23.0. The van der Waals surface area contributed by atoms with Crippen molar-refractivity contribution >= 4 is 86.0 Å². The molecule has 0 fully saturated rings. The summed E-state index contributed by atoms with van der Waals surface area (Å²) in [5, 5.41) is 9.85. The monoisotopic (exact) mass is 565 g/mol. The van der Waals surface area contributed by atoms with Crippen LogP contribution < -0.4 is 0 Å². The van der Waals surface area contributed by atoms with E-state index >= 15 is 0 Å². The Morgan fingerprint density at radius 3 is 2.12 bits per heavy atom. The van der Waals surface area contributed by atoms with Crippen molar-refractivity contribution < 1.29 is 4.42 Å². The van der Waals surface area contributed by atoms with Crippen LogP contribution in [-0.2, 0) is 0 Å². The lowest BCUT2D eigenvalue weighted by Crippen LogP contribution is -1.95. The predicted molar refractivity (Wildman–Crippen MR) is 184 cm³/mol. The molecule has 3 heteroatoms. The quantitative estimate of drug-likeness (QED) is 0.204. The fourth-order valence-electron chi connectivity index (χ4n) is 7.19. The normalized spacial score (nSPS) is 12.2. The Kier molecular flexibility index (Phi) is 4.63. The lowest BCUT2D eigenvalue weighted by molar-refractivity contribution is 0.673. The first-order valence-electron chi connectivity index (χ1n) is 14.6. The van der Waals surface area contributed by atoms with Crippen LogP contribution in [0.2, 0.25) is 0 Å². The lowest BCUT2D eigenvalue weighted by atomic mass is 9.95. The fourth-order valence-corrected chi connectivity index (χ4v) is 8.31. The number of benzene rings is 7. The van der Waals surface area contributed by atoms with Gasteiger partial charge in [-0.3, -0.25) is 0 Å². The van der Waals surface area contributed by atoms with E-state index in [1.54, 1.807) is 0 Å². The number of thiophene rings is 1.